The van der Waals surface area contributed by atoms with Gasteiger partial charge in [0.25, 0.3) is 0 Å². The summed E-state index contributed by atoms with van der Waals surface area (Å²) in [6, 6.07) is 0. The fraction of sp³-hybridized carbons (Fsp3) is 0.864. The van der Waals surface area contributed by atoms with Gasteiger partial charge < -0.3 is 10.2 Å². The minimum atomic E-state index is -0.320. The molecule has 0 aromatic rings. The van der Waals surface area contributed by atoms with E-state index in [4.69, 9.17) is 0 Å². The molecule has 4 aliphatic rings. The van der Waals surface area contributed by atoms with Gasteiger partial charge in [-0.25, -0.2) is 0 Å². The van der Waals surface area contributed by atoms with Crippen LogP contribution in [0.2, 0.25) is 0 Å². The summed E-state index contributed by atoms with van der Waals surface area (Å²) in [5, 5.41) is 21.6. The molecule has 140 valence electrons. The van der Waals surface area contributed by atoms with Crippen LogP contribution < -0.4 is 0 Å². The monoisotopic (exact) mass is 346 g/mol. The van der Waals surface area contributed by atoms with Gasteiger partial charge in [0.1, 0.15) is 0 Å². The van der Waals surface area contributed by atoms with Gasteiger partial charge in [-0.15, -0.1) is 0 Å². The van der Waals surface area contributed by atoms with Crippen LogP contribution in [0.15, 0.2) is 11.6 Å². The highest BCUT2D eigenvalue weighted by atomic mass is 16.3. The molecule has 3 nitrogen and oxygen atoms in total. The molecule has 3 fully saturated rings. The van der Waals surface area contributed by atoms with Crippen molar-refractivity contribution in [3.8, 4) is 0 Å². The highest BCUT2D eigenvalue weighted by Crippen LogP contribution is 2.67. The van der Waals surface area contributed by atoms with E-state index in [-0.39, 0.29) is 34.7 Å². The van der Waals surface area contributed by atoms with Crippen LogP contribution in [0.3, 0.4) is 0 Å². The fourth-order valence-electron chi connectivity index (χ4n) is 7.95. The lowest BCUT2D eigenvalue weighted by atomic mass is 9.44. The first kappa shape index (κ1) is 17.7. The van der Waals surface area contributed by atoms with E-state index in [0.717, 1.165) is 25.7 Å². The van der Waals surface area contributed by atoms with Gasteiger partial charge in [0, 0.05) is 6.42 Å². The molecule has 0 amide bonds. The van der Waals surface area contributed by atoms with Crippen LogP contribution in [0, 0.1) is 40.4 Å². The van der Waals surface area contributed by atoms with Crippen molar-refractivity contribution in [3.05, 3.63) is 11.6 Å². The maximum Gasteiger partial charge on any atom is 0.155 e. The Bertz CT molecular complexity index is 608. The van der Waals surface area contributed by atoms with Crippen LogP contribution in [0.5, 0.6) is 0 Å². The second kappa shape index (κ2) is 5.66. The minimum Gasteiger partial charge on any atom is -0.393 e. The van der Waals surface area contributed by atoms with Crippen molar-refractivity contribution in [2.45, 2.75) is 78.4 Å². The smallest absolute Gasteiger partial charge is 0.155 e. The summed E-state index contributed by atoms with van der Waals surface area (Å²) in [5.41, 5.74) is 1.33. The van der Waals surface area contributed by atoms with Crippen LogP contribution in [-0.2, 0) is 4.79 Å². The van der Waals surface area contributed by atoms with Crippen LogP contribution in [0.25, 0.3) is 0 Å². The molecule has 0 aliphatic heterocycles. The van der Waals surface area contributed by atoms with Gasteiger partial charge in [-0.05, 0) is 85.5 Å². The van der Waals surface area contributed by atoms with E-state index in [1.165, 1.54) is 12.0 Å². The lowest BCUT2D eigenvalue weighted by molar-refractivity contribution is -0.145. The van der Waals surface area contributed by atoms with Gasteiger partial charge in [0.15, 0.2) is 5.78 Å². The molecule has 25 heavy (non-hydrogen) atoms. The Morgan fingerprint density at radius 1 is 1.28 bits per heavy atom. The van der Waals surface area contributed by atoms with Gasteiger partial charge >= 0.3 is 0 Å². The van der Waals surface area contributed by atoms with Gasteiger partial charge in [-0.2, -0.15) is 0 Å². The molecule has 4 aliphatic carbocycles. The third kappa shape index (κ3) is 2.34. The molecule has 0 bridgehead atoms. The molecule has 0 radical (unpaired) electrons. The van der Waals surface area contributed by atoms with E-state index in [2.05, 4.69) is 20.8 Å². The van der Waals surface area contributed by atoms with Gasteiger partial charge in [-0.3, -0.25) is 4.79 Å². The Morgan fingerprint density at radius 3 is 2.68 bits per heavy atom. The van der Waals surface area contributed by atoms with E-state index in [0.29, 0.717) is 30.1 Å². The number of hydrogen-bond donors (Lipinski definition) is 2. The van der Waals surface area contributed by atoms with Crippen LogP contribution in [0.1, 0.15) is 66.2 Å². The summed E-state index contributed by atoms with van der Waals surface area (Å²) >= 11 is 0. The molecule has 3 saturated carbocycles. The van der Waals surface area contributed by atoms with Crippen LogP contribution >= 0.6 is 0 Å². The molecule has 0 spiro atoms. The Balaban J connectivity index is 1.75. The van der Waals surface area contributed by atoms with Crippen molar-refractivity contribution < 1.29 is 15.0 Å². The van der Waals surface area contributed by atoms with Crippen molar-refractivity contribution in [2.24, 2.45) is 40.4 Å². The molecule has 0 unspecified atom stereocenters. The summed E-state index contributed by atoms with van der Waals surface area (Å²) in [5.74, 6) is 2.38. The number of allylic oxidation sites excluding steroid dienone is 1. The fourth-order valence-corrected chi connectivity index (χ4v) is 7.95. The topological polar surface area (TPSA) is 57.5 Å². The Hall–Kier alpha value is -0.670. The van der Waals surface area contributed by atoms with E-state index in [1.807, 2.05) is 13.0 Å². The number of carbonyl (C=O) groups is 1. The lowest BCUT2D eigenvalue weighted by Crippen LogP contribution is -2.58. The molecule has 0 heterocycles. The summed E-state index contributed by atoms with van der Waals surface area (Å²) in [6.45, 7) is 8.84. The molecule has 3 heteroatoms. The van der Waals surface area contributed by atoms with Crippen LogP contribution in [0.4, 0.5) is 0 Å². The number of fused-ring (bicyclic) bond motifs is 5. The molecule has 0 aromatic carbocycles. The largest absolute Gasteiger partial charge is 0.393 e. The molecule has 0 aromatic heterocycles. The summed E-state index contributed by atoms with van der Waals surface area (Å²) in [4.78, 5) is 12.0. The lowest BCUT2D eigenvalue weighted by Gasteiger charge is -2.61. The highest BCUT2D eigenvalue weighted by molar-refractivity contribution is 5.91. The first-order valence-electron chi connectivity index (χ1n) is 10.3. The zero-order valence-corrected chi connectivity index (χ0v) is 16.2. The number of carbonyl (C=O) groups excluding carboxylic acids is 1. The van der Waals surface area contributed by atoms with Crippen LogP contribution in [-0.4, -0.2) is 28.2 Å². The molecule has 4 rings (SSSR count). The normalized spacial score (nSPS) is 53.5. The standard InChI is InChI=1S/C22H34O3/c1-12-9-15-17-6-5-16(13(2)23)22(17,4)11-19(25)20(15)21(3)8-7-14(24)10-18(12)21/h10,12-13,15-17,19-20,23,25H,5-9,11H2,1-4H3/t12-,13+,15-,16+,17-,19-,20+,21-,22+/m0/s1. The van der Waals surface area contributed by atoms with Crippen molar-refractivity contribution in [2.75, 3.05) is 0 Å². The maximum absolute atomic E-state index is 12.0. The third-order valence-corrected chi connectivity index (χ3v) is 8.87. The van der Waals surface area contributed by atoms with E-state index >= 15 is 0 Å². The Labute approximate surface area is 151 Å². The number of rotatable bonds is 1. The first-order chi connectivity index (χ1) is 11.7. The SMILES string of the molecule is C[C@H]1C[C@@H]2[C@H]([C@@H](O)C[C@]3(C)[C@@H]([C@@H](C)O)CC[C@@H]23)[C@@]2(C)CCC(=O)C=C12. The predicted octanol–water partition coefficient (Wildman–Crippen LogP) is 3.73. The Kier molecular flexibility index (Phi) is 4.01. The average Bonchev–Trinajstić information content (AvgIpc) is 2.85. The third-order valence-electron chi connectivity index (χ3n) is 8.87. The average molecular weight is 347 g/mol. The highest BCUT2D eigenvalue weighted by Gasteiger charge is 2.63. The second-order valence-electron chi connectivity index (χ2n) is 10.1. The van der Waals surface area contributed by atoms with E-state index in [1.54, 1.807) is 0 Å². The second-order valence-corrected chi connectivity index (χ2v) is 10.1. The van der Waals surface area contributed by atoms with Crippen molar-refractivity contribution in [1.29, 1.82) is 0 Å². The minimum absolute atomic E-state index is 0.0279. The van der Waals surface area contributed by atoms with Gasteiger partial charge in [0.2, 0.25) is 0 Å². The van der Waals surface area contributed by atoms with Crippen molar-refractivity contribution in [1.82, 2.24) is 0 Å². The maximum atomic E-state index is 12.0. The predicted molar refractivity (Wildman–Crippen MR) is 97.8 cm³/mol. The van der Waals surface area contributed by atoms with Crippen molar-refractivity contribution in [3.63, 3.8) is 0 Å². The number of ketones is 1. The van der Waals surface area contributed by atoms with Crippen molar-refractivity contribution >= 4 is 5.78 Å². The number of aliphatic hydroxyl groups is 2. The number of hydrogen-bond acceptors (Lipinski definition) is 3. The van der Waals surface area contributed by atoms with Gasteiger partial charge in [0.05, 0.1) is 12.2 Å². The first-order valence-corrected chi connectivity index (χ1v) is 10.3. The zero-order valence-electron chi connectivity index (χ0n) is 16.2. The molecular formula is C22H34O3. The Morgan fingerprint density at radius 2 is 2.00 bits per heavy atom. The summed E-state index contributed by atoms with van der Waals surface area (Å²) in [7, 11) is 0. The molecule has 9 atom stereocenters. The van der Waals surface area contributed by atoms with Gasteiger partial charge in [-0.1, -0.05) is 26.3 Å². The molecule has 0 saturated heterocycles. The molecular weight excluding hydrogens is 312 g/mol. The number of aliphatic hydroxyl groups excluding tert-OH is 2. The zero-order chi connectivity index (χ0) is 18.1. The molecule has 2 N–H and O–H groups in total. The van der Waals surface area contributed by atoms with E-state index < -0.39 is 0 Å². The summed E-state index contributed by atoms with van der Waals surface area (Å²) in [6.07, 6.45) is 6.98. The quantitative estimate of drug-likeness (QED) is 0.760. The van der Waals surface area contributed by atoms with E-state index in [9.17, 15) is 15.0 Å². The summed E-state index contributed by atoms with van der Waals surface area (Å²) < 4.78 is 0.